The Labute approximate surface area is 338 Å². The molecule has 59 heavy (non-hydrogen) atoms. The molecule has 2 aromatic heterocycles. The van der Waals surface area contributed by atoms with E-state index >= 15 is 0 Å². The van der Waals surface area contributed by atoms with Crippen LogP contribution in [0.4, 0.5) is 8.78 Å². The summed E-state index contributed by atoms with van der Waals surface area (Å²) >= 11 is 0. The second kappa shape index (κ2) is 19.3. The Morgan fingerprint density at radius 3 is 2.27 bits per heavy atom. The van der Waals surface area contributed by atoms with Crippen molar-refractivity contribution in [3.05, 3.63) is 143 Å². The molecule has 4 aromatic carbocycles. The number of halogens is 2. The fourth-order valence-corrected chi connectivity index (χ4v) is 7.44. The minimum atomic E-state index is -4.25. The molecule has 1 atom stereocenters. The third-order valence-corrected chi connectivity index (χ3v) is 10.6. The fourth-order valence-electron chi connectivity index (χ4n) is 6.14. The van der Waals surface area contributed by atoms with Crippen LogP contribution < -0.4 is 24.4 Å². The van der Waals surface area contributed by atoms with E-state index in [9.17, 15) is 32.3 Å². The number of hydrogen-bond acceptors (Lipinski definition) is 13. The lowest BCUT2D eigenvalue weighted by Gasteiger charge is -2.33. The standard InChI is InChI=1S/C40H41F2N7O9S/c1-47(25-40(51,26-48-28-43-27-45-48)35-17-12-31(41)23-36(35)42)24-30-10-15-33(16-11-30)56-20-5-19-55-32-13-8-29(9-14-32)22-37(50)44-18-21-57-38-39(49(52)58-46-38)59(53,54)34-6-3-2-4-7-34/h2-4,6-17,23,27-28,51H,5,18-22,24-26H2,1H3,(H,44,50). The summed E-state index contributed by atoms with van der Waals surface area (Å²) in [4.78, 5) is 17.8. The first-order valence-electron chi connectivity index (χ1n) is 18.3. The molecule has 2 heterocycles. The first-order chi connectivity index (χ1) is 28.4. The molecule has 0 bridgehead atoms. The average molecular weight is 834 g/mol. The summed E-state index contributed by atoms with van der Waals surface area (Å²) in [6, 6.07) is 24.9. The van der Waals surface area contributed by atoms with Crippen LogP contribution in [0.2, 0.25) is 0 Å². The Balaban J connectivity index is 0.877. The number of nitrogens with zero attached hydrogens (tertiary/aromatic N) is 6. The van der Waals surface area contributed by atoms with Crippen molar-refractivity contribution in [2.75, 3.05) is 40.0 Å². The van der Waals surface area contributed by atoms with Crippen molar-refractivity contribution in [1.82, 2.24) is 30.1 Å². The third kappa shape index (κ3) is 11.4. The average Bonchev–Trinajstić information content (AvgIpc) is 3.87. The molecule has 6 aromatic rings. The SMILES string of the molecule is CN(Cc1ccc(OCCCOc2ccc(CC(=O)NCCOc3no[n+]([O-])c3S(=O)(=O)c3ccccc3)cc2)cc1)CC(O)(Cn1cncn1)c1ccc(F)cc1F. The molecule has 310 valence electrons. The minimum absolute atomic E-state index is 0.0148. The molecule has 0 radical (unpaired) electrons. The summed E-state index contributed by atoms with van der Waals surface area (Å²) in [5, 5.41) is 33.0. The molecule has 0 spiro atoms. The lowest BCUT2D eigenvalue weighted by atomic mass is 9.92. The number of rotatable bonds is 21. The van der Waals surface area contributed by atoms with E-state index in [0.717, 1.165) is 23.3 Å². The molecule has 0 saturated heterocycles. The number of nitrogens with one attached hydrogen (secondary N) is 1. The van der Waals surface area contributed by atoms with Crippen LogP contribution in [0.15, 0.2) is 124 Å². The maximum Gasteiger partial charge on any atom is 0.415 e. The van der Waals surface area contributed by atoms with E-state index in [1.807, 2.05) is 29.2 Å². The molecule has 0 saturated carbocycles. The molecule has 1 amide bonds. The summed E-state index contributed by atoms with van der Waals surface area (Å²) in [6.07, 6.45) is 3.41. The van der Waals surface area contributed by atoms with Gasteiger partial charge in [-0.05, 0) is 65.5 Å². The Morgan fingerprint density at radius 1 is 0.949 bits per heavy atom. The van der Waals surface area contributed by atoms with Crippen molar-refractivity contribution in [3.63, 3.8) is 0 Å². The van der Waals surface area contributed by atoms with Crippen molar-refractivity contribution >= 4 is 15.7 Å². The van der Waals surface area contributed by atoms with E-state index in [1.165, 1.54) is 47.7 Å². The van der Waals surface area contributed by atoms with Gasteiger partial charge in [0.2, 0.25) is 5.91 Å². The van der Waals surface area contributed by atoms with Gasteiger partial charge in [-0.1, -0.05) is 48.5 Å². The van der Waals surface area contributed by atoms with Crippen LogP contribution in [-0.2, 0) is 39.7 Å². The highest BCUT2D eigenvalue weighted by molar-refractivity contribution is 7.91. The van der Waals surface area contributed by atoms with Gasteiger partial charge in [0.25, 0.3) is 9.84 Å². The zero-order valence-electron chi connectivity index (χ0n) is 31.8. The largest absolute Gasteiger partial charge is 0.493 e. The maximum absolute atomic E-state index is 14.8. The van der Waals surface area contributed by atoms with Crippen molar-refractivity contribution in [2.45, 2.75) is 41.5 Å². The first-order valence-corrected chi connectivity index (χ1v) is 19.8. The number of carbonyl (C=O) groups is 1. The van der Waals surface area contributed by atoms with Crippen molar-refractivity contribution in [3.8, 4) is 17.4 Å². The van der Waals surface area contributed by atoms with Gasteiger partial charge < -0.3 is 29.8 Å². The number of aromatic nitrogens is 5. The normalized spacial score (nSPS) is 12.6. The molecule has 16 nitrogen and oxygen atoms in total. The number of sulfone groups is 1. The predicted molar refractivity (Wildman–Crippen MR) is 205 cm³/mol. The van der Waals surface area contributed by atoms with E-state index in [4.69, 9.17) is 14.2 Å². The zero-order chi connectivity index (χ0) is 41.8. The number of benzene rings is 4. The molecule has 2 N–H and O–H groups in total. The van der Waals surface area contributed by atoms with E-state index in [0.29, 0.717) is 37.7 Å². The van der Waals surface area contributed by atoms with E-state index in [-0.39, 0.29) is 53.9 Å². The van der Waals surface area contributed by atoms with E-state index in [2.05, 4.69) is 25.2 Å². The molecule has 0 aliphatic heterocycles. The lowest BCUT2D eigenvalue weighted by molar-refractivity contribution is -0.832. The van der Waals surface area contributed by atoms with Crippen LogP contribution in [0.5, 0.6) is 17.4 Å². The molecule has 1 unspecified atom stereocenters. The second-order valence-electron chi connectivity index (χ2n) is 13.5. The van der Waals surface area contributed by atoms with Gasteiger partial charge in [-0.25, -0.2) is 26.9 Å². The van der Waals surface area contributed by atoms with Crippen LogP contribution >= 0.6 is 0 Å². The lowest BCUT2D eigenvalue weighted by Crippen LogP contribution is -2.43. The Hall–Kier alpha value is -6.44. The highest BCUT2D eigenvalue weighted by Gasteiger charge is 2.36. The molecular formula is C40H41F2N7O9S. The molecule has 6 rings (SSSR count). The molecule has 19 heteroatoms. The number of hydrogen-bond donors (Lipinski definition) is 2. The zero-order valence-corrected chi connectivity index (χ0v) is 32.6. The minimum Gasteiger partial charge on any atom is -0.493 e. The van der Waals surface area contributed by atoms with Gasteiger partial charge in [-0.2, -0.15) is 5.10 Å². The highest BCUT2D eigenvalue weighted by atomic mass is 32.2. The Kier molecular flexibility index (Phi) is 13.8. The van der Waals surface area contributed by atoms with Crippen LogP contribution in [0.3, 0.4) is 0 Å². The maximum atomic E-state index is 14.8. The van der Waals surface area contributed by atoms with Gasteiger partial charge in [-0.15, -0.1) is 0 Å². The summed E-state index contributed by atoms with van der Waals surface area (Å²) in [7, 11) is -2.46. The van der Waals surface area contributed by atoms with Gasteiger partial charge in [0, 0.05) is 31.1 Å². The third-order valence-electron chi connectivity index (χ3n) is 8.86. The number of amides is 1. The summed E-state index contributed by atoms with van der Waals surface area (Å²) in [5.41, 5.74) is -0.106. The van der Waals surface area contributed by atoms with Gasteiger partial charge in [0.05, 0.1) is 42.8 Å². The topological polar surface area (TPSA) is 198 Å². The van der Waals surface area contributed by atoms with Gasteiger partial charge in [-0.3, -0.25) is 14.3 Å². The van der Waals surface area contributed by atoms with Crippen molar-refractivity contribution < 1.29 is 50.8 Å². The first kappa shape index (κ1) is 42.2. The molecule has 0 fully saturated rings. The smallest absolute Gasteiger partial charge is 0.415 e. The van der Waals surface area contributed by atoms with Gasteiger partial charge in [0.1, 0.15) is 48.0 Å². The van der Waals surface area contributed by atoms with Crippen molar-refractivity contribution in [1.29, 1.82) is 0 Å². The highest BCUT2D eigenvalue weighted by Crippen LogP contribution is 2.29. The Morgan fingerprint density at radius 2 is 1.63 bits per heavy atom. The Bertz CT molecular complexity index is 2390. The fraction of sp³-hybridized carbons (Fsp3) is 0.275. The monoisotopic (exact) mass is 833 g/mol. The summed E-state index contributed by atoms with van der Waals surface area (Å²) in [5.74, 6) is -1.12. The van der Waals surface area contributed by atoms with Gasteiger partial charge >= 0.3 is 10.9 Å². The van der Waals surface area contributed by atoms with Crippen LogP contribution in [0.25, 0.3) is 0 Å². The van der Waals surface area contributed by atoms with Crippen LogP contribution in [0.1, 0.15) is 23.1 Å². The molecular weight excluding hydrogens is 793 g/mol. The number of ether oxygens (including phenoxy) is 3. The quantitative estimate of drug-likeness (QED) is 0.0789. The number of carbonyl (C=O) groups excluding carboxylic acids is 1. The molecule has 0 aliphatic carbocycles. The van der Waals surface area contributed by atoms with Gasteiger partial charge in [0.15, 0.2) is 0 Å². The predicted octanol–water partition coefficient (Wildman–Crippen LogP) is 3.62. The van der Waals surface area contributed by atoms with E-state index in [1.54, 1.807) is 37.4 Å². The van der Waals surface area contributed by atoms with Crippen LogP contribution in [-0.4, -0.2) is 84.2 Å². The second-order valence-corrected chi connectivity index (χ2v) is 15.4. The summed E-state index contributed by atoms with van der Waals surface area (Å²) < 4.78 is 77.1. The number of aliphatic hydroxyl groups is 1. The summed E-state index contributed by atoms with van der Waals surface area (Å²) in [6.45, 7) is 0.999. The van der Waals surface area contributed by atoms with E-state index < -0.39 is 38.0 Å². The molecule has 0 aliphatic rings. The van der Waals surface area contributed by atoms with Crippen molar-refractivity contribution in [2.24, 2.45) is 0 Å². The number of likely N-dealkylation sites (N-methyl/N-ethyl adjacent to an activating group) is 1. The van der Waals surface area contributed by atoms with Crippen LogP contribution in [0, 0.1) is 16.8 Å².